The molecule has 5 heteroatoms. The molecule has 26 heavy (non-hydrogen) atoms. The first-order valence-electron chi connectivity index (χ1n) is 9.83. The molecule has 0 atom stereocenters. The second-order valence-corrected chi connectivity index (χ2v) is 7.80. The average Bonchev–Trinajstić information content (AvgIpc) is 2.68. The molecule has 5 nitrogen and oxygen atoms in total. The van der Waals surface area contributed by atoms with Crippen LogP contribution in [0.15, 0.2) is 24.3 Å². The standard InChI is InChI=1S/C21H30N4O/c1-17(2)23-9-7-18(8-10-23)15-21(26)25-13-11-24(12-14-25)20-5-3-19(16-22)4-6-20/h3-6,17-18H,7-15H2,1-2H3. The largest absolute Gasteiger partial charge is 0.368 e. The summed E-state index contributed by atoms with van der Waals surface area (Å²) >= 11 is 0. The van der Waals surface area contributed by atoms with Crippen molar-refractivity contribution in [3.63, 3.8) is 0 Å². The number of hydrogen-bond donors (Lipinski definition) is 0. The predicted octanol–water partition coefficient (Wildman–Crippen LogP) is 2.72. The van der Waals surface area contributed by atoms with Gasteiger partial charge in [0.2, 0.25) is 5.91 Å². The average molecular weight is 354 g/mol. The van der Waals surface area contributed by atoms with Crippen LogP contribution in [-0.2, 0) is 4.79 Å². The van der Waals surface area contributed by atoms with Gasteiger partial charge >= 0.3 is 0 Å². The van der Waals surface area contributed by atoms with Crippen LogP contribution in [0.5, 0.6) is 0 Å². The number of piperidine rings is 1. The third-order valence-corrected chi connectivity index (χ3v) is 5.84. The molecule has 2 fully saturated rings. The number of benzene rings is 1. The lowest BCUT2D eigenvalue weighted by molar-refractivity contribution is -0.132. The maximum absolute atomic E-state index is 12.7. The Morgan fingerprint density at radius 2 is 1.69 bits per heavy atom. The number of nitrogens with zero attached hydrogens (tertiary/aromatic N) is 4. The summed E-state index contributed by atoms with van der Waals surface area (Å²) in [4.78, 5) is 19.5. The number of amides is 1. The van der Waals surface area contributed by atoms with E-state index in [1.54, 1.807) is 0 Å². The predicted molar refractivity (Wildman–Crippen MR) is 104 cm³/mol. The normalized spacial score (nSPS) is 19.6. The molecule has 0 N–H and O–H groups in total. The van der Waals surface area contributed by atoms with E-state index in [0.29, 0.717) is 29.9 Å². The molecule has 1 amide bonds. The number of rotatable bonds is 4. The highest BCUT2D eigenvalue weighted by Crippen LogP contribution is 2.23. The van der Waals surface area contributed by atoms with E-state index in [1.807, 2.05) is 29.2 Å². The van der Waals surface area contributed by atoms with E-state index in [0.717, 1.165) is 57.8 Å². The van der Waals surface area contributed by atoms with Crippen LogP contribution in [0, 0.1) is 17.2 Å². The van der Waals surface area contributed by atoms with E-state index in [1.165, 1.54) is 0 Å². The second-order valence-electron chi connectivity index (χ2n) is 7.80. The van der Waals surface area contributed by atoms with Crippen molar-refractivity contribution in [1.82, 2.24) is 9.80 Å². The van der Waals surface area contributed by atoms with Crippen LogP contribution >= 0.6 is 0 Å². The zero-order chi connectivity index (χ0) is 18.5. The molecule has 0 radical (unpaired) electrons. The maximum atomic E-state index is 12.7. The molecule has 0 bridgehead atoms. The first-order valence-corrected chi connectivity index (χ1v) is 9.83. The summed E-state index contributed by atoms with van der Waals surface area (Å²) < 4.78 is 0. The van der Waals surface area contributed by atoms with Gasteiger partial charge in [0.15, 0.2) is 0 Å². The molecule has 0 aromatic heterocycles. The molecule has 140 valence electrons. The summed E-state index contributed by atoms with van der Waals surface area (Å²) in [6, 6.07) is 10.5. The van der Waals surface area contributed by atoms with Crippen molar-refractivity contribution in [2.45, 2.75) is 39.2 Å². The van der Waals surface area contributed by atoms with Crippen LogP contribution < -0.4 is 4.90 Å². The number of likely N-dealkylation sites (tertiary alicyclic amines) is 1. The van der Waals surface area contributed by atoms with Gasteiger partial charge in [-0.25, -0.2) is 0 Å². The van der Waals surface area contributed by atoms with Crippen molar-refractivity contribution < 1.29 is 4.79 Å². The van der Waals surface area contributed by atoms with Gasteiger partial charge in [0, 0.05) is 44.3 Å². The topological polar surface area (TPSA) is 50.6 Å². The minimum absolute atomic E-state index is 0.326. The molecule has 2 saturated heterocycles. The van der Waals surface area contributed by atoms with Gasteiger partial charge in [0.1, 0.15) is 0 Å². The first kappa shape index (κ1) is 18.7. The van der Waals surface area contributed by atoms with Crippen LogP contribution in [0.3, 0.4) is 0 Å². The van der Waals surface area contributed by atoms with Crippen molar-refractivity contribution in [2.24, 2.45) is 5.92 Å². The fraction of sp³-hybridized carbons (Fsp3) is 0.619. The molecule has 0 saturated carbocycles. The number of hydrogen-bond acceptors (Lipinski definition) is 4. The quantitative estimate of drug-likeness (QED) is 0.834. The van der Waals surface area contributed by atoms with E-state index in [-0.39, 0.29) is 0 Å². The fourth-order valence-corrected chi connectivity index (χ4v) is 4.01. The minimum Gasteiger partial charge on any atom is -0.368 e. The molecule has 3 rings (SSSR count). The Balaban J connectivity index is 1.44. The van der Waals surface area contributed by atoms with Crippen LogP contribution in [-0.4, -0.2) is 61.0 Å². The van der Waals surface area contributed by atoms with Gasteiger partial charge in [-0.2, -0.15) is 5.26 Å². The first-order chi connectivity index (χ1) is 12.6. The lowest BCUT2D eigenvalue weighted by Crippen LogP contribution is -2.49. The molecule has 2 aliphatic heterocycles. The van der Waals surface area contributed by atoms with E-state index in [4.69, 9.17) is 5.26 Å². The number of anilines is 1. The third kappa shape index (κ3) is 4.56. The summed E-state index contributed by atoms with van der Waals surface area (Å²) in [5.74, 6) is 0.876. The molecule has 1 aromatic rings. The van der Waals surface area contributed by atoms with Crippen molar-refractivity contribution in [1.29, 1.82) is 5.26 Å². The van der Waals surface area contributed by atoms with Crippen molar-refractivity contribution in [3.05, 3.63) is 29.8 Å². The Bertz CT molecular complexity index is 633. The number of piperazine rings is 1. The van der Waals surface area contributed by atoms with Crippen LogP contribution in [0.1, 0.15) is 38.7 Å². The molecule has 2 heterocycles. The highest BCUT2D eigenvalue weighted by atomic mass is 16.2. The van der Waals surface area contributed by atoms with E-state index in [2.05, 4.69) is 29.7 Å². The zero-order valence-corrected chi connectivity index (χ0v) is 16.0. The smallest absolute Gasteiger partial charge is 0.222 e. The fourth-order valence-electron chi connectivity index (χ4n) is 4.01. The van der Waals surface area contributed by atoms with Crippen molar-refractivity contribution in [3.8, 4) is 6.07 Å². The van der Waals surface area contributed by atoms with Crippen LogP contribution in [0.25, 0.3) is 0 Å². The molecule has 0 unspecified atom stereocenters. The summed E-state index contributed by atoms with van der Waals surface area (Å²) in [6.07, 6.45) is 3.01. The van der Waals surface area contributed by atoms with Crippen LogP contribution in [0.4, 0.5) is 5.69 Å². The Labute approximate surface area is 157 Å². The van der Waals surface area contributed by atoms with Gasteiger partial charge in [-0.15, -0.1) is 0 Å². The van der Waals surface area contributed by atoms with Gasteiger partial charge < -0.3 is 14.7 Å². The molecule has 2 aliphatic rings. The van der Waals surface area contributed by atoms with Gasteiger partial charge in [0.25, 0.3) is 0 Å². The zero-order valence-electron chi connectivity index (χ0n) is 16.0. The molecule has 0 spiro atoms. The van der Waals surface area contributed by atoms with E-state index in [9.17, 15) is 4.79 Å². The highest BCUT2D eigenvalue weighted by Gasteiger charge is 2.26. The summed E-state index contributed by atoms with van der Waals surface area (Å²) in [5, 5.41) is 8.90. The van der Waals surface area contributed by atoms with E-state index < -0.39 is 0 Å². The Morgan fingerprint density at radius 3 is 2.23 bits per heavy atom. The molecular formula is C21H30N4O. The SMILES string of the molecule is CC(C)N1CCC(CC(=O)N2CCN(c3ccc(C#N)cc3)CC2)CC1. The number of carbonyl (C=O) groups is 1. The lowest BCUT2D eigenvalue weighted by atomic mass is 9.92. The monoisotopic (exact) mass is 354 g/mol. The van der Waals surface area contributed by atoms with Crippen molar-refractivity contribution in [2.75, 3.05) is 44.2 Å². The summed E-state index contributed by atoms with van der Waals surface area (Å²) in [6.45, 7) is 10.1. The third-order valence-electron chi connectivity index (χ3n) is 5.84. The molecule has 1 aromatic carbocycles. The van der Waals surface area contributed by atoms with Crippen LogP contribution in [0.2, 0.25) is 0 Å². The lowest BCUT2D eigenvalue weighted by Gasteiger charge is -2.38. The maximum Gasteiger partial charge on any atom is 0.222 e. The van der Waals surface area contributed by atoms with Gasteiger partial charge in [-0.05, 0) is 70.0 Å². The number of carbonyl (C=O) groups excluding carboxylic acids is 1. The highest BCUT2D eigenvalue weighted by molar-refractivity contribution is 5.76. The number of nitriles is 1. The van der Waals surface area contributed by atoms with Gasteiger partial charge in [-0.1, -0.05) is 0 Å². The summed E-state index contributed by atoms with van der Waals surface area (Å²) in [7, 11) is 0. The molecular weight excluding hydrogens is 324 g/mol. The van der Waals surface area contributed by atoms with Gasteiger partial charge in [0.05, 0.1) is 11.6 Å². The Morgan fingerprint density at radius 1 is 1.08 bits per heavy atom. The molecule has 0 aliphatic carbocycles. The van der Waals surface area contributed by atoms with Crippen molar-refractivity contribution >= 4 is 11.6 Å². The summed E-state index contributed by atoms with van der Waals surface area (Å²) in [5.41, 5.74) is 1.82. The Kier molecular flexibility index (Phi) is 6.16. The second kappa shape index (κ2) is 8.55. The Hall–Kier alpha value is -2.06. The van der Waals surface area contributed by atoms with E-state index >= 15 is 0 Å². The minimum atomic E-state index is 0.326. The van der Waals surface area contributed by atoms with Gasteiger partial charge in [-0.3, -0.25) is 4.79 Å².